The number of nitrogens with one attached hydrogen (secondary N) is 1. The highest BCUT2D eigenvalue weighted by molar-refractivity contribution is 6.04. The van der Waals surface area contributed by atoms with Gasteiger partial charge in [0, 0.05) is 31.1 Å². The van der Waals surface area contributed by atoms with Gasteiger partial charge in [0.1, 0.15) is 18.0 Å². The summed E-state index contributed by atoms with van der Waals surface area (Å²) in [6.45, 7) is 3.25. The standard InChI is InChI=1S/C31H33N3O4/c35-30(32-36)15-13-25-12-14-29-27(20-25)28(33-37-22-26-10-5-2-6-11-26)21-31(38-29)17-7-18-34(23-31)19-16-24-8-3-1-4-9-24/h1-6,8-15,20,36H,7,16-19,21-23H2,(H,32,35). The number of nitrogens with zero attached hydrogens (tertiary/aromatic N) is 2. The summed E-state index contributed by atoms with van der Waals surface area (Å²) < 4.78 is 6.72. The van der Waals surface area contributed by atoms with Crippen LogP contribution in [0, 0.1) is 0 Å². The summed E-state index contributed by atoms with van der Waals surface area (Å²) in [5, 5.41) is 13.4. The third-order valence-corrected chi connectivity index (χ3v) is 7.09. The Labute approximate surface area is 223 Å². The quantitative estimate of drug-likeness (QED) is 0.253. The molecule has 3 aromatic carbocycles. The molecule has 1 saturated heterocycles. The number of carbonyl (C=O) groups is 1. The second-order valence-electron chi connectivity index (χ2n) is 9.94. The number of fused-ring (bicyclic) bond motifs is 1. The molecule has 7 nitrogen and oxygen atoms in total. The summed E-state index contributed by atoms with van der Waals surface area (Å²) in [5.74, 6) is 0.183. The molecule has 0 radical (unpaired) electrons. The van der Waals surface area contributed by atoms with Crippen molar-refractivity contribution in [3.05, 3.63) is 107 Å². The van der Waals surface area contributed by atoms with Crippen LogP contribution in [-0.2, 0) is 22.7 Å². The molecule has 2 heterocycles. The largest absolute Gasteiger partial charge is 0.485 e. The fourth-order valence-electron chi connectivity index (χ4n) is 5.23. The van der Waals surface area contributed by atoms with E-state index < -0.39 is 5.91 Å². The van der Waals surface area contributed by atoms with E-state index in [1.165, 1.54) is 11.6 Å². The second-order valence-corrected chi connectivity index (χ2v) is 9.94. The first kappa shape index (κ1) is 25.7. The van der Waals surface area contributed by atoms with Gasteiger partial charge in [0.15, 0.2) is 0 Å². The molecule has 2 aliphatic heterocycles. The lowest BCUT2D eigenvalue weighted by atomic mass is 9.82. The Morgan fingerprint density at radius 2 is 1.84 bits per heavy atom. The Bertz CT molecular complexity index is 1290. The minimum Gasteiger partial charge on any atom is -0.485 e. The van der Waals surface area contributed by atoms with Crippen LogP contribution in [0.1, 0.15) is 41.5 Å². The summed E-state index contributed by atoms with van der Waals surface area (Å²) >= 11 is 0. The van der Waals surface area contributed by atoms with E-state index in [0.29, 0.717) is 13.0 Å². The van der Waals surface area contributed by atoms with Crippen LogP contribution in [-0.4, -0.2) is 47.0 Å². The number of likely N-dealkylation sites (tertiary alicyclic amines) is 1. The smallest absolute Gasteiger partial charge is 0.267 e. The van der Waals surface area contributed by atoms with Gasteiger partial charge in [-0.15, -0.1) is 0 Å². The highest BCUT2D eigenvalue weighted by Gasteiger charge is 2.43. The van der Waals surface area contributed by atoms with E-state index in [9.17, 15) is 4.79 Å². The first-order valence-corrected chi connectivity index (χ1v) is 13.1. The van der Waals surface area contributed by atoms with Crippen molar-refractivity contribution >= 4 is 17.7 Å². The van der Waals surface area contributed by atoms with Crippen molar-refractivity contribution in [1.82, 2.24) is 10.4 Å². The molecule has 2 aliphatic rings. The van der Waals surface area contributed by atoms with Crippen molar-refractivity contribution < 1.29 is 19.6 Å². The van der Waals surface area contributed by atoms with Crippen LogP contribution >= 0.6 is 0 Å². The van der Waals surface area contributed by atoms with Gasteiger partial charge in [0.2, 0.25) is 0 Å². The normalized spacial score (nSPS) is 20.3. The molecular formula is C31H33N3O4. The topological polar surface area (TPSA) is 83.4 Å². The second kappa shape index (κ2) is 12.1. The maximum absolute atomic E-state index is 11.5. The molecule has 1 fully saturated rings. The number of benzene rings is 3. The summed E-state index contributed by atoms with van der Waals surface area (Å²) in [7, 11) is 0. The molecule has 1 spiro atoms. The Balaban J connectivity index is 1.37. The zero-order valence-corrected chi connectivity index (χ0v) is 21.4. The number of ether oxygens (including phenoxy) is 1. The lowest BCUT2D eigenvalue weighted by Crippen LogP contribution is -2.55. The lowest BCUT2D eigenvalue weighted by molar-refractivity contribution is -0.124. The molecule has 2 N–H and O–H groups in total. The average molecular weight is 512 g/mol. The molecular weight excluding hydrogens is 478 g/mol. The van der Waals surface area contributed by atoms with Gasteiger partial charge in [-0.25, -0.2) is 5.48 Å². The van der Waals surface area contributed by atoms with Gasteiger partial charge in [0.05, 0.1) is 5.71 Å². The van der Waals surface area contributed by atoms with E-state index in [4.69, 9.17) is 14.8 Å². The molecule has 0 aliphatic carbocycles. The third-order valence-electron chi connectivity index (χ3n) is 7.09. The minimum absolute atomic E-state index is 0.370. The van der Waals surface area contributed by atoms with E-state index in [-0.39, 0.29) is 5.60 Å². The highest BCUT2D eigenvalue weighted by Crippen LogP contribution is 2.39. The molecule has 38 heavy (non-hydrogen) atoms. The van der Waals surface area contributed by atoms with Crippen molar-refractivity contribution in [2.75, 3.05) is 19.6 Å². The van der Waals surface area contributed by atoms with Crippen LogP contribution in [0.25, 0.3) is 6.08 Å². The Morgan fingerprint density at radius 1 is 1.08 bits per heavy atom. The molecule has 0 saturated carbocycles. The Kier molecular flexibility index (Phi) is 8.16. The van der Waals surface area contributed by atoms with E-state index in [1.54, 1.807) is 11.6 Å². The predicted molar refractivity (Wildman–Crippen MR) is 147 cm³/mol. The fourth-order valence-corrected chi connectivity index (χ4v) is 5.23. The summed E-state index contributed by atoms with van der Waals surface area (Å²) in [6.07, 6.45) is 6.57. The maximum Gasteiger partial charge on any atom is 0.267 e. The molecule has 1 atom stereocenters. The van der Waals surface area contributed by atoms with Gasteiger partial charge < -0.3 is 9.57 Å². The fraction of sp³-hybridized carbons (Fsp3) is 0.290. The molecule has 1 unspecified atom stereocenters. The summed E-state index contributed by atoms with van der Waals surface area (Å²) in [6, 6.07) is 26.3. The van der Waals surface area contributed by atoms with Crippen molar-refractivity contribution in [3.8, 4) is 5.75 Å². The van der Waals surface area contributed by atoms with Crippen LogP contribution in [0.15, 0.2) is 90.1 Å². The van der Waals surface area contributed by atoms with E-state index >= 15 is 0 Å². The molecule has 7 heteroatoms. The number of amides is 1. The number of carbonyl (C=O) groups excluding carboxylic acids is 1. The lowest BCUT2D eigenvalue weighted by Gasteiger charge is -2.45. The number of hydroxylamine groups is 1. The van der Waals surface area contributed by atoms with Gasteiger partial charge in [-0.05, 0) is 60.7 Å². The molecule has 3 aromatic rings. The van der Waals surface area contributed by atoms with E-state index in [0.717, 1.165) is 67.0 Å². The summed E-state index contributed by atoms with van der Waals surface area (Å²) in [5.41, 5.74) is 6.14. The van der Waals surface area contributed by atoms with Gasteiger partial charge in [-0.1, -0.05) is 71.9 Å². The van der Waals surface area contributed by atoms with Crippen LogP contribution in [0.4, 0.5) is 0 Å². The number of rotatable bonds is 8. The van der Waals surface area contributed by atoms with Crippen molar-refractivity contribution in [2.45, 2.75) is 37.9 Å². The third kappa shape index (κ3) is 6.49. The maximum atomic E-state index is 11.5. The van der Waals surface area contributed by atoms with Gasteiger partial charge in [-0.3, -0.25) is 14.9 Å². The van der Waals surface area contributed by atoms with Crippen LogP contribution in [0.5, 0.6) is 5.75 Å². The van der Waals surface area contributed by atoms with Crippen LogP contribution in [0.2, 0.25) is 0 Å². The highest BCUT2D eigenvalue weighted by atomic mass is 16.6. The molecule has 196 valence electrons. The van der Waals surface area contributed by atoms with Gasteiger partial charge in [-0.2, -0.15) is 0 Å². The molecule has 0 bridgehead atoms. The Hall–Kier alpha value is -3.94. The van der Waals surface area contributed by atoms with Crippen molar-refractivity contribution in [1.29, 1.82) is 0 Å². The van der Waals surface area contributed by atoms with Crippen LogP contribution in [0.3, 0.4) is 0 Å². The first-order valence-electron chi connectivity index (χ1n) is 13.1. The van der Waals surface area contributed by atoms with Gasteiger partial charge >= 0.3 is 0 Å². The first-order chi connectivity index (χ1) is 18.6. The molecule has 1 amide bonds. The van der Waals surface area contributed by atoms with E-state index in [2.05, 4.69) is 40.4 Å². The molecule has 0 aromatic heterocycles. The molecule has 5 rings (SSSR count). The number of oxime groups is 1. The number of hydrogen-bond acceptors (Lipinski definition) is 6. The van der Waals surface area contributed by atoms with Gasteiger partial charge in [0.25, 0.3) is 5.91 Å². The number of hydrogen-bond donors (Lipinski definition) is 2. The zero-order chi connectivity index (χ0) is 26.2. The van der Waals surface area contributed by atoms with Crippen molar-refractivity contribution in [2.24, 2.45) is 5.16 Å². The average Bonchev–Trinajstić information content (AvgIpc) is 2.96. The predicted octanol–water partition coefficient (Wildman–Crippen LogP) is 4.99. The SMILES string of the molecule is O=C(C=Cc1ccc2c(c1)C(=NOCc1ccccc1)CC1(CCCN(CCc3ccccc3)C1)O2)NO. The minimum atomic E-state index is -0.587. The Morgan fingerprint density at radius 3 is 2.61 bits per heavy atom. The monoisotopic (exact) mass is 511 g/mol. The summed E-state index contributed by atoms with van der Waals surface area (Å²) in [4.78, 5) is 19.8. The van der Waals surface area contributed by atoms with Crippen molar-refractivity contribution in [3.63, 3.8) is 0 Å². The number of piperidine rings is 1. The van der Waals surface area contributed by atoms with E-state index in [1.807, 2.05) is 48.5 Å². The zero-order valence-electron chi connectivity index (χ0n) is 21.4. The van der Waals surface area contributed by atoms with Crippen LogP contribution < -0.4 is 10.2 Å².